The minimum atomic E-state index is -0.799. The maximum absolute atomic E-state index is 12.6. The molecule has 0 aliphatic carbocycles. The predicted octanol–water partition coefficient (Wildman–Crippen LogP) is 3.92. The smallest absolute Gasteiger partial charge is 0.287 e. The first kappa shape index (κ1) is 15.1. The lowest BCUT2D eigenvalue weighted by atomic mass is 9.96. The van der Waals surface area contributed by atoms with E-state index in [1.165, 1.54) is 17.4 Å². The fraction of sp³-hybridized carbons (Fsp3) is 0.0667. The quantitative estimate of drug-likeness (QED) is 0.821. The number of carbonyl (C=O) groups excluding carboxylic acids is 2. The van der Waals surface area contributed by atoms with E-state index in [1.54, 1.807) is 29.6 Å². The second-order valence-corrected chi connectivity index (χ2v) is 6.43. The molecule has 0 radical (unpaired) electrons. The normalized spacial score (nSPS) is 17.7. The van der Waals surface area contributed by atoms with E-state index < -0.39 is 23.5 Å². The molecular formula is C15H9Cl2NO3S. The number of amides is 1. The van der Waals surface area contributed by atoms with Crippen LogP contribution in [0.2, 0.25) is 10.0 Å². The summed E-state index contributed by atoms with van der Waals surface area (Å²) in [5, 5.41) is 15.1. The van der Waals surface area contributed by atoms with Gasteiger partial charge in [0.2, 0.25) is 5.78 Å². The van der Waals surface area contributed by atoms with Gasteiger partial charge in [-0.25, -0.2) is 0 Å². The Kier molecular flexibility index (Phi) is 3.95. The van der Waals surface area contributed by atoms with E-state index in [4.69, 9.17) is 23.2 Å². The Labute approximate surface area is 140 Å². The van der Waals surface area contributed by atoms with Gasteiger partial charge in [-0.2, -0.15) is 0 Å². The van der Waals surface area contributed by atoms with Crippen LogP contribution in [0, 0.1) is 0 Å². The number of carbonyl (C=O) groups is 2. The lowest BCUT2D eigenvalue weighted by molar-refractivity contribution is -0.119. The van der Waals surface area contributed by atoms with Crippen molar-refractivity contribution in [3.05, 3.63) is 67.5 Å². The van der Waals surface area contributed by atoms with Crippen molar-refractivity contribution in [1.82, 2.24) is 5.32 Å². The number of thiophene rings is 1. The summed E-state index contributed by atoms with van der Waals surface area (Å²) in [5.74, 6) is -1.67. The van der Waals surface area contributed by atoms with Crippen molar-refractivity contribution in [2.75, 3.05) is 0 Å². The van der Waals surface area contributed by atoms with Gasteiger partial charge >= 0.3 is 0 Å². The third kappa shape index (κ3) is 2.52. The topological polar surface area (TPSA) is 66.4 Å². The molecule has 0 fully saturated rings. The highest BCUT2D eigenvalue weighted by atomic mass is 35.5. The zero-order valence-corrected chi connectivity index (χ0v) is 13.3. The van der Waals surface area contributed by atoms with E-state index in [1.807, 2.05) is 0 Å². The molecule has 0 unspecified atom stereocenters. The van der Waals surface area contributed by atoms with Crippen molar-refractivity contribution in [2.45, 2.75) is 6.04 Å². The second-order valence-electron chi connectivity index (χ2n) is 4.64. The number of rotatable bonds is 3. The zero-order chi connectivity index (χ0) is 15.9. The summed E-state index contributed by atoms with van der Waals surface area (Å²) in [4.78, 5) is 24.8. The molecule has 7 heteroatoms. The monoisotopic (exact) mass is 353 g/mol. The maximum Gasteiger partial charge on any atom is 0.287 e. The van der Waals surface area contributed by atoms with Crippen molar-refractivity contribution < 1.29 is 14.7 Å². The summed E-state index contributed by atoms with van der Waals surface area (Å²) in [6.45, 7) is 0. The Morgan fingerprint density at radius 1 is 1.27 bits per heavy atom. The van der Waals surface area contributed by atoms with Gasteiger partial charge < -0.3 is 10.4 Å². The first-order valence-corrected chi connectivity index (χ1v) is 7.89. The number of halogens is 2. The van der Waals surface area contributed by atoms with E-state index >= 15 is 0 Å². The van der Waals surface area contributed by atoms with E-state index in [9.17, 15) is 14.7 Å². The molecule has 22 heavy (non-hydrogen) atoms. The number of ketones is 1. The van der Waals surface area contributed by atoms with Crippen LogP contribution in [0.15, 0.2) is 47.0 Å². The molecule has 2 aromatic rings. The molecule has 112 valence electrons. The van der Waals surface area contributed by atoms with Gasteiger partial charge in [-0.1, -0.05) is 35.3 Å². The zero-order valence-electron chi connectivity index (χ0n) is 11.0. The number of aliphatic hydroxyl groups excluding tert-OH is 1. The maximum atomic E-state index is 12.6. The van der Waals surface area contributed by atoms with Gasteiger partial charge in [-0.15, -0.1) is 11.3 Å². The highest BCUT2D eigenvalue weighted by Gasteiger charge is 2.38. The largest absolute Gasteiger partial charge is 0.503 e. The highest BCUT2D eigenvalue weighted by molar-refractivity contribution is 7.12. The van der Waals surface area contributed by atoms with E-state index in [-0.39, 0.29) is 5.57 Å². The van der Waals surface area contributed by atoms with Crippen molar-refractivity contribution in [2.24, 2.45) is 0 Å². The molecule has 0 saturated heterocycles. The van der Waals surface area contributed by atoms with Gasteiger partial charge in [0.1, 0.15) is 0 Å². The number of hydrogen-bond acceptors (Lipinski definition) is 4. The second kappa shape index (κ2) is 5.76. The van der Waals surface area contributed by atoms with Crippen LogP contribution in [0.4, 0.5) is 0 Å². The van der Waals surface area contributed by atoms with E-state index in [0.29, 0.717) is 20.5 Å². The highest BCUT2D eigenvalue weighted by Crippen LogP contribution is 2.36. The van der Waals surface area contributed by atoms with E-state index in [2.05, 4.69) is 5.32 Å². The van der Waals surface area contributed by atoms with Crippen LogP contribution in [0.3, 0.4) is 0 Å². The van der Waals surface area contributed by atoms with Gasteiger partial charge in [0.05, 0.1) is 16.5 Å². The van der Waals surface area contributed by atoms with Gasteiger partial charge in [-0.3, -0.25) is 9.59 Å². The first-order chi connectivity index (χ1) is 10.5. The average molecular weight is 354 g/mol. The van der Waals surface area contributed by atoms with Gasteiger partial charge in [-0.05, 0) is 29.1 Å². The Morgan fingerprint density at radius 3 is 2.68 bits per heavy atom. The Hall–Kier alpha value is -1.82. The molecule has 1 atom stereocenters. The molecule has 1 aromatic heterocycles. The van der Waals surface area contributed by atoms with Gasteiger partial charge in [0.25, 0.3) is 5.91 Å². The Bertz CT molecular complexity index is 799. The average Bonchev–Trinajstić information content (AvgIpc) is 3.08. The summed E-state index contributed by atoms with van der Waals surface area (Å²) in [7, 11) is 0. The van der Waals surface area contributed by atoms with Crippen LogP contribution >= 0.6 is 34.5 Å². The molecule has 0 saturated carbocycles. The van der Waals surface area contributed by atoms with Crippen LogP contribution in [0.5, 0.6) is 0 Å². The molecule has 1 aliphatic heterocycles. The molecule has 1 amide bonds. The van der Waals surface area contributed by atoms with Crippen LogP contribution in [-0.4, -0.2) is 16.8 Å². The van der Waals surface area contributed by atoms with Crippen molar-refractivity contribution >= 4 is 46.2 Å². The summed E-state index contributed by atoms with van der Waals surface area (Å²) in [6.07, 6.45) is 0. The lowest BCUT2D eigenvalue weighted by Gasteiger charge is -2.15. The molecule has 1 aliphatic rings. The van der Waals surface area contributed by atoms with Crippen molar-refractivity contribution in [1.29, 1.82) is 0 Å². The number of Topliss-reactive ketones (excluding diaryl/α,β-unsaturated/α-hetero) is 1. The fourth-order valence-electron chi connectivity index (χ4n) is 2.28. The number of benzene rings is 1. The molecule has 4 nitrogen and oxygen atoms in total. The van der Waals surface area contributed by atoms with Crippen LogP contribution in [-0.2, 0) is 4.79 Å². The summed E-state index contributed by atoms with van der Waals surface area (Å²) < 4.78 is 0. The molecule has 2 N–H and O–H groups in total. The predicted molar refractivity (Wildman–Crippen MR) is 85.7 cm³/mol. The molecule has 3 rings (SSSR count). The van der Waals surface area contributed by atoms with Crippen LogP contribution in [0.25, 0.3) is 0 Å². The van der Waals surface area contributed by atoms with Crippen molar-refractivity contribution in [3.63, 3.8) is 0 Å². The Morgan fingerprint density at radius 2 is 2.05 bits per heavy atom. The van der Waals surface area contributed by atoms with Crippen LogP contribution < -0.4 is 5.32 Å². The Balaban J connectivity index is 2.08. The van der Waals surface area contributed by atoms with Crippen LogP contribution in [0.1, 0.15) is 21.3 Å². The molecule has 0 spiro atoms. The number of nitrogens with one attached hydrogen (secondary N) is 1. The third-order valence-electron chi connectivity index (χ3n) is 3.30. The molecule has 1 aromatic carbocycles. The minimum absolute atomic E-state index is 0.00308. The number of hydrogen-bond donors (Lipinski definition) is 2. The van der Waals surface area contributed by atoms with E-state index in [0.717, 1.165) is 0 Å². The minimum Gasteiger partial charge on any atom is -0.503 e. The summed E-state index contributed by atoms with van der Waals surface area (Å²) >= 11 is 13.3. The van der Waals surface area contributed by atoms with Gasteiger partial charge in [0, 0.05) is 10.0 Å². The van der Waals surface area contributed by atoms with Gasteiger partial charge in [0.15, 0.2) is 5.76 Å². The standard InChI is InChI=1S/C15H9Cl2NO3S/c16-7-3-4-8(9(17)6-7)12-11(14(20)15(21)18-12)13(19)10-2-1-5-22-10/h1-6,12,20H,(H,18,21)/t12-/m1/s1. The molecule has 0 bridgehead atoms. The van der Waals surface area contributed by atoms with Crippen molar-refractivity contribution in [3.8, 4) is 0 Å². The molecule has 2 heterocycles. The number of aliphatic hydroxyl groups is 1. The lowest BCUT2D eigenvalue weighted by Crippen LogP contribution is -2.23. The fourth-order valence-corrected chi connectivity index (χ4v) is 3.47. The third-order valence-corrected chi connectivity index (χ3v) is 4.73. The SMILES string of the molecule is O=C1N[C@H](c2ccc(Cl)cc2Cl)C(C(=O)c2cccs2)=C1O. The summed E-state index contributed by atoms with van der Waals surface area (Å²) in [5.41, 5.74) is 0.500. The first-order valence-electron chi connectivity index (χ1n) is 6.26. The summed E-state index contributed by atoms with van der Waals surface area (Å²) in [6, 6.07) is 7.31. The molecular weight excluding hydrogens is 345 g/mol.